The number of aryl methyl sites for hydroxylation is 2. The first kappa shape index (κ1) is 14.0. The van der Waals surface area contributed by atoms with Crippen LogP contribution in [0.4, 0.5) is 5.69 Å². The normalized spacial score (nSPS) is 9.85. The minimum absolute atomic E-state index is 0.0773. The lowest BCUT2D eigenvalue weighted by atomic mass is 10.1. The second-order valence-corrected chi connectivity index (χ2v) is 4.82. The Bertz CT molecular complexity index is 609. The van der Waals surface area contributed by atoms with Gasteiger partial charge in [-0.1, -0.05) is 18.2 Å². The number of nitrogens with zero attached hydrogens (tertiary/aromatic N) is 1. The van der Waals surface area contributed by atoms with Crippen LogP contribution in [0, 0.1) is 25.2 Å². The highest BCUT2D eigenvalue weighted by Crippen LogP contribution is 2.17. The van der Waals surface area contributed by atoms with Crippen molar-refractivity contribution in [2.24, 2.45) is 0 Å². The van der Waals surface area contributed by atoms with Gasteiger partial charge in [0.2, 0.25) is 0 Å². The van der Waals surface area contributed by atoms with Crippen LogP contribution < -0.4 is 10.1 Å². The second kappa shape index (κ2) is 6.63. The maximum absolute atomic E-state index is 8.51. The summed E-state index contributed by atoms with van der Waals surface area (Å²) in [4.78, 5) is 0. The molecule has 2 rings (SSSR count). The molecule has 0 aromatic heterocycles. The molecule has 20 heavy (non-hydrogen) atoms. The number of nitrogens with one attached hydrogen (secondary N) is 1. The highest BCUT2D eigenvalue weighted by Gasteiger charge is 1.99. The lowest BCUT2D eigenvalue weighted by molar-refractivity contribution is 0.368. The van der Waals surface area contributed by atoms with E-state index in [0.717, 1.165) is 23.5 Å². The predicted octanol–water partition coefficient (Wildman–Crippen LogP) is 3.82. The Balaban J connectivity index is 2.01. The van der Waals surface area contributed by atoms with Crippen LogP contribution >= 0.6 is 0 Å². The standard InChI is InChI=1S/C17H18N2O/c1-13-8-14(2)10-16(9-13)19-12-15-4-3-5-17(11-15)20-7-6-18/h3-5,8-11,19H,7,12H2,1-2H3. The quantitative estimate of drug-likeness (QED) is 0.894. The zero-order valence-corrected chi connectivity index (χ0v) is 11.8. The predicted molar refractivity (Wildman–Crippen MR) is 80.8 cm³/mol. The van der Waals surface area contributed by atoms with Gasteiger partial charge in [-0.2, -0.15) is 5.26 Å². The third-order valence-corrected chi connectivity index (χ3v) is 2.92. The van der Waals surface area contributed by atoms with Crippen LogP contribution in [0.15, 0.2) is 42.5 Å². The van der Waals surface area contributed by atoms with Crippen LogP contribution in [0.5, 0.6) is 5.75 Å². The molecule has 3 nitrogen and oxygen atoms in total. The summed E-state index contributed by atoms with van der Waals surface area (Å²) in [5.74, 6) is 0.728. The Labute approximate surface area is 119 Å². The molecule has 0 spiro atoms. The molecule has 102 valence electrons. The van der Waals surface area contributed by atoms with E-state index in [2.05, 4.69) is 37.4 Å². The summed E-state index contributed by atoms with van der Waals surface area (Å²) < 4.78 is 5.30. The molecule has 0 heterocycles. The molecule has 1 N–H and O–H groups in total. The molecule has 0 aliphatic carbocycles. The average Bonchev–Trinajstić information content (AvgIpc) is 2.42. The lowest BCUT2D eigenvalue weighted by Crippen LogP contribution is -2.01. The molecule has 3 heteroatoms. The van der Waals surface area contributed by atoms with Crippen molar-refractivity contribution >= 4 is 5.69 Å². The number of hydrogen-bond donors (Lipinski definition) is 1. The van der Waals surface area contributed by atoms with Gasteiger partial charge in [-0.05, 0) is 54.8 Å². The Kier molecular flexibility index (Phi) is 4.62. The monoisotopic (exact) mass is 266 g/mol. The van der Waals surface area contributed by atoms with Crippen molar-refractivity contribution in [2.75, 3.05) is 11.9 Å². The molecule has 0 aliphatic rings. The van der Waals surface area contributed by atoms with Gasteiger partial charge in [-0.25, -0.2) is 0 Å². The first-order valence-electron chi connectivity index (χ1n) is 6.58. The van der Waals surface area contributed by atoms with Crippen LogP contribution in [-0.2, 0) is 6.54 Å². The van der Waals surface area contributed by atoms with Crippen LogP contribution in [-0.4, -0.2) is 6.61 Å². The van der Waals surface area contributed by atoms with Crippen molar-refractivity contribution in [1.82, 2.24) is 0 Å². The number of rotatable bonds is 5. The van der Waals surface area contributed by atoms with Crippen LogP contribution in [0.25, 0.3) is 0 Å². The molecule has 0 aliphatic heterocycles. The minimum Gasteiger partial charge on any atom is -0.479 e. The minimum atomic E-state index is 0.0773. The van der Waals surface area contributed by atoms with E-state index in [1.54, 1.807) is 0 Å². The van der Waals surface area contributed by atoms with Gasteiger partial charge in [0.1, 0.15) is 11.8 Å². The highest BCUT2D eigenvalue weighted by molar-refractivity contribution is 5.49. The third-order valence-electron chi connectivity index (χ3n) is 2.92. The molecule has 0 radical (unpaired) electrons. The molecular formula is C17H18N2O. The van der Waals surface area contributed by atoms with Crippen molar-refractivity contribution in [3.8, 4) is 11.8 Å². The van der Waals surface area contributed by atoms with Gasteiger partial charge in [0.15, 0.2) is 6.61 Å². The van der Waals surface area contributed by atoms with Gasteiger partial charge in [0.05, 0.1) is 0 Å². The zero-order valence-electron chi connectivity index (χ0n) is 11.8. The molecule has 0 saturated carbocycles. The fourth-order valence-corrected chi connectivity index (χ4v) is 2.14. The number of ether oxygens (including phenoxy) is 1. The summed E-state index contributed by atoms with van der Waals surface area (Å²) in [6.45, 7) is 4.99. The Morgan fingerprint density at radius 2 is 1.85 bits per heavy atom. The van der Waals surface area contributed by atoms with E-state index in [4.69, 9.17) is 10.00 Å². The van der Waals surface area contributed by atoms with E-state index in [9.17, 15) is 0 Å². The Hall–Kier alpha value is -2.47. The second-order valence-electron chi connectivity index (χ2n) is 4.82. The SMILES string of the molecule is Cc1cc(C)cc(NCc2cccc(OCC#N)c2)c1. The van der Waals surface area contributed by atoms with E-state index < -0.39 is 0 Å². The van der Waals surface area contributed by atoms with Gasteiger partial charge in [0.25, 0.3) is 0 Å². The molecule has 2 aromatic rings. The van der Waals surface area contributed by atoms with Crippen molar-refractivity contribution in [1.29, 1.82) is 5.26 Å². The average molecular weight is 266 g/mol. The van der Waals surface area contributed by atoms with Crippen LogP contribution in [0.3, 0.4) is 0 Å². The molecule has 2 aromatic carbocycles. The Morgan fingerprint density at radius 3 is 2.55 bits per heavy atom. The first-order chi connectivity index (χ1) is 9.67. The van der Waals surface area contributed by atoms with E-state index in [0.29, 0.717) is 0 Å². The molecule has 0 bridgehead atoms. The van der Waals surface area contributed by atoms with Crippen molar-refractivity contribution in [3.63, 3.8) is 0 Å². The molecular weight excluding hydrogens is 248 g/mol. The summed E-state index contributed by atoms with van der Waals surface area (Å²) in [5, 5.41) is 11.9. The molecule has 0 atom stereocenters. The maximum atomic E-state index is 8.51. The fraction of sp³-hybridized carbons (Fsp3) is 0.235. The number of benzene rings is 2. The summed E-state index contributed by atoms with van der Waals surface area (Å²) in [6, 6.07) is 16.2. The summed E-state index contributed by atoms with van der Waals surface area (Å²) in [6.07, 6.45) is 0. The summed E-state index contributed by atoms with van der Waals surface area (Å²) in [5.41, 5.74) is 4.74. The van der Waals surface area contributed by atoms with Crippen LogP contribution in [0.2, 0.25) is 0 Å². The number of hydrogen-bond acceptors (Lipinski definition) is 3. The topological polar surface area (TPSA) is 45.0 Å². The molecule has 0 saturated heterocycles. The van der Waals surface area contributed by atoms with Gasteiger partial charge in [-0.15, -0.1) is 0 Å². The first-order valence-corrected chi connectivity index (χ1v) is 6.58. The van der Waals surface area contributed by atoms with Crippen molar-refractivity contribution in [2.45, 2.75) is 20.4 Å². The van der Waals surface area contributed by atoms with E-state index in [1.165, 1.54) is 11.1 Å². The third kappa shape index (κ3) is 4.03. The van der Waals surface area contributed by atoms with Gasteiger partial charge in [0, 0.05) is 12.2 Å². The smallest absolute Gasteiger partial charge is 0.174 e. The van der Waals surface area contributed by atoms with E-state index >= 15 is 0 Å². The highest BCUT2D eigenvalue weighted by atomic mass is 16.5. The molecule has 0 unspecified atom stereocenters. The lowest BCUT2D eigenvalue weighted by Gasteiger charge is -2.10. The molecule has 0 fully saturated rings. The van der Waals surface area contributed by atoms with E-state index in [1.807, 2.05) is 30.3 Å². The van der Waals surface area contributed by atoms with Gasteiger partial charge in [-0.3, -0.25) is 0 Å². The van der Waals surface area contributed by atoms with Crippen molar-refractivity contribution < 1.29 is 4.74 Å². The Morgan fingerprint density at radius 1 is 1.10 bits per heavy atom. The van der Waals surface area contributed by atoms with Crippen molar-refractivity contribution in [3.05, 3.63) is 59.2 Å². The van der Waals surface area contributed by atoms with Gasteiger partial charge < -0.3 is 10.1 Å². The van der Waals surface area contributed by atoms with Gasteiger partial charge >= 0.3 is 0 Å². The molecule has 0 amide bonds. The fourth-order valence-electron chi connectivity index (χ4n) is 2.14. The largest absolute Gasteiger partial charge is 0.479 e. The summed E-state index contributed by atoms with van der Waals surface area (Å²) in [7, 11) is 0. The van der Waals surface area contributed by atoms with E-state index in [-0.39, 0.29) is 6.61 Å². The van der Waals surface area contributed by atoms with Crippen LogP contribution in [0.1, 0.15) is 16.7 Å². The maximum Gasteiger partial charge on any atom is 0.174 e. The number of nitriles is 1. The zero-order chi connectivity index (χ0) is 14.4. The number of anilines is 1. The summed E-state index contributed by atoms with van der Waals surface area (Å²) >= 11 is 0.